The van der Waals surface area contributed by atoms with E-state index < -0.39 is 0 Å². The predicted octanol–water partition coefficient (Wildman–Crippen LogP) is 3.06. The molecule has 0 radical (unpaired) electrons. The van der Waals surface area contributed by atoms with Gasteiger partial charge in [-0.3, -0.25) is 4.79 Å². The third-order valence-corrected chi connectivity index (χ3v) is 6.48. The van der Waals surface area contributed by atoms with Crippen LogP contribution in [0.5, 0.6) is 0 Å². The van der Waals surface area contributed by atoms with Crippen molar-refractivity contribution >= 4 is 29.2 Å². The van der Waals surface area contributed by atoms with Gasteiger partial charge in [0.15, 0.2) is 5.16 Å². The van der Waals surface area contributed by atoms with Crippen LogP contribution in [0.4, 0.5) is 0 Å². The lowest BCUT2D eigenvalue weighted by Crippen LogP contribution is -2.38. The molecule has 0 saturated heterocycles. The molecular formula is C16H23N5OS2. The van der Waals surface area contributed by atoms with Crippen LogP contribution in [-0.4, -0.2) is 36.3 Å². The molecule has 0 aromatic carbocycles. The fourth-order valence-corrected chi connectivity index (χ4v) is 4.74. The second kappa shape index (κ2) is 8.11. The molecule has 2 heterocycles. The number of carbonyl (C=O) groups is 1. The predicted molar refractivity (Wildman–Crippen MR) is 96.5 cm³/mol. The van der Waals surface area contributed by atoms with Crippen LogP contribution < -0.4 is 5.32 Å². The van der Waals surface area contributed by atoms with Gasteiger partial charge in [0.25, 0.3) is 5.91 Å². The molecule has 24 heavy (non-hydrogen) atoms. The molecule has 0 bridgehead atoms. The van der Waals surface area contributed by atoms with Gasteiger partial charge in [-0.1, -0.05) is 29.6 Å². The molecule has 1 N–H and O–H groups in total. The molecule has 0 aliphatic heterocycles. The van der Waals surface area contributed by atoms with E-state index in [0.29, 0.717) is 10.1 Å². The summed E-state index contributed by atoms with van der Waals surface area (Å²) in [5.41, 5.74) is 0.832. The lowest BCUT2D eigenvalue weighted by atomic mass is 9.95. The molecular weight excluding hydrogens is 342 g/mol. The van der Waals surface area contributed by atoms with Crippen molar-refractivity contribution in [3.63, 3.8) is 0 Å². The number of aromatic nitrogens is 4. The molecule has 3 rings (SSSR count). The van der Waals surface area contributed by atoms with Gasteiger partial charge in [0.2, 0.25) is 0 Å². The minimum absolute atomic E-state index is 0.00588. The zero-order valence-corrected chi connectivity index (χ0v) is 15.7. The number of aryl methyl sites for hydroxylation is 2. The number of thioether (sulfide) groups is 1. The highest BCUT2D eigenvalue weighted by Gasteiger charge is 2.25. The molecule has 0 atom stereocenters. The lowest BCUT2D eigenvalue weighted by Gasteiger charge is -2.28. The van der Waals surface area contributed by atoms with Crippen LogP contribution in [0.25, 0.3) is 0 Å². The Balaban J connectivity index is 1.49. The molecule has 1 saturated carbocycles. The highest BCUT2D eigenvalue weighted by molar-refractivity contribution is 7.99. The Bertz CT molecular complexity index is 676. The summed E-state index contributed by atoms with van der Waals surface area (Å²) in [7, 11) is 2.03. The Morgan fingerprint density at radius 3 is 2.88 bits per heavy atom. The maximum atomic E-state index is 12.5. The van der Waals surface area contributed by atoms with Gasteiger partial charge in [-0.15, -0.1) is 5.10 Å². The Morgan fingerprint density at radius 1 is 1.42 bits per heavy atom. The van der Waals surface area contributed by atoms with Crippen molar-refractivity contribution in [1.82, 2.24) is 24.5 Å². The number of rotatable bonds is 6. The van der Waals surface area contributed by atoms with Gasteiger partial charge in [-0.2, -0.15) is 0 Å². The number of imidazole rings is 1. The highest BCUT2D eigenvalue weighted by atomic mass is 32.2. The molecule has 130 valence electrons. The first-order valence-corrected chi connectivity index (χ1v) is 10.1. The van der Waals surface area contributed by atoms with E-state index in [0.717, 1.165) is 49.4 Å². The fraction of sp³-hybridized carbons (Fsp3) is 0.625. The summed E-state index contributed by atoms with van der Waals surface area (Å²) in [5.74, 6) is -0.00588. The Kier molecular flexibility index (Phi) is 5.89. The normalized spacial score (nSPS) is 20.9. The van der Waals surface area contributed by atoms with Crippen LogP contribution in [0.2, 0.25) is 0 Å². The number of hydrogen-bond acceptors (Lipinski definition) is 6. The van der Waals surface area contributed by atoms with E-state index in [2.05, 4.69) is 31.4 Å². The SMILES string of the molecule is CCCc1nnsc1C(=O)NC1CCC(Sc2nccn2C)CC1. The van der Waals surface area contributed by atoms with Gasteiger partial charge >= 0.3 is 0 Å². The minimum atomic E-state index is -0.00588. The third-order valence-electron chi connectivity index (χ3n) is 4.31. The standard InChI is InChI=1S/C16H23N5OS2/c1-3-4-13-14(24-20-19-13)15(22)18-11-5-7-12(8-6-11)23-16-17-9-10-21(16)2/h9-12H,3-8H2,1-2H3,(H,18,22). The summed E-state index contributed by atoms with van der Waals surface area (Å²) >= 11 is 3.05. The van der Waals surface area contributed by atoms with Crippen molar-refractivity contribution in [2.75, 3.05) is 0 Å². The van der Waals surface area contributed by atoms with Crippen LogP contribution in [0, 0.1) is 0 Å². The third kappa shape index (κ3) is 4.16. The van der Waals surface area contributed by atoms with Crippen molar-refractivity contribution in [2.45, 2.75) is 61.9 Å². The van der Waals surface area contributed by atoms with Crippen LogP contribution in [0.3, 0.4) is 0 Å². The number of nitrogens with zero attached hydrogens (tertiary/aromatic N) is 4. The zero-order chi connectivity index (χ0) is 16.9. The largest absolute Gasteiger partial charge is 0.349 e. The van der Waals surface area contributed by atoms with E-state index in [9.17, 15) is 4.79 Å². The summed E-state index contributed by atoms with van der Waals surface area (Å²) in [4.78, 5) is 17.5. The van der Waals surface area contributed by atoms with Gasteiger partial charge in [0.05, 0.1) is 5.69 Å². The van der Waals surface area contributed by atoms with Crippen molar-refractivity contribution in [2.24, 2.45) is 7.05 Å². The number of amides is 1. The summed E-state index contributed by atoms with van der Waals surface area (Å²) in [6.45, 7) is 2.08. The van der Waals surface area contributed by atoms with Crippen LogP contribution in [0.15, 0.2) is 17.6 Å². The summed E-state index contributed by atoms with van der Waals surface area (Å²) in [6.07, 6.45) is 9.84. The maximum Gasteiger partial charge on any atom is 0.265 e. The van der Waals surface area contributed by atoms with E-state index in [4.69, 9.17) is 0 Å². The Hall–Kier alpha value is -1.41. The molecule has 6 nitrogen and oxygen atoms in total. The summed E-state index contributed by atoms with van der Waals surface area (Å²) in [5, 5.41) is 8.90. The average molecular weight is 366 g/mol. The van der Waals surface area contributed by atoms with Crippen LogP contribution >= 0.6 is 23.3 Å². The minimum Gasteiger partial charge on any atom is -0.349 e. The molecule has 0 unspecified atom stereocenters. The number of nitrogens with one attached hydrogen (secondary N) is 1. The topological polar surface area (TPSA) is 72.7 Å². The molecule has 8 heteroatoms. The quantitative estimate of drug-likeness (QED) is 0.852. The van der Waals surface area contributed by atoms with Crippen molar-refractivity contribution in [3.8, 4) is 0 Å². The van der Waals surface area contributed by atoms with E-state index in [-0.39, 0.29) is 11.9 Å². The molecule has 2 aromatic rings. The number of hydrogen-bond donors (Lipinski definition) is 1. The lowest BCUT2D eigenvalue weighted by molar-refractivity contribution is 0.0931. The molecule has 2 aromatic heterocycles. The second-order valence-electron chi connectivity index (χ2n) is 6.18. The molecule has 0 spiro atoms. The molecule has 1 fully saturated rings. The van der Waals surface area contributed by atoms with Gasteiger partial charge in [-0.05, 0) is 43.6 Å². The van der Waals surface area contributed by atoms with Crippen molar-refractivity contribution in [3.05, 3.63) is 23.0 Å². The Labute approximate surface area is 150 Å². The molecule has 1 aliphatic rings. The molecule has 1 aliphatic carbocycles. The first-order valence-electron chi connectivity index (χ1n) is 8.43. The number of carbonyl (C=O) groups excluding carboxylic acids is 1. The molecule has 1 amide bonds. The zero-order valence-electron chi connectivity index (χ0n) is 14.1. The second-order valence-corrected chi connectivity index (χ2v) is 8.21. The maximum absolute atomic E-state index is 12.5. The van der Waals surface area contributed by atoms with Crippen LogP contribution in [-0.2, 0) is 13.5 Å². The summed E-state index contributed by atoms with van der Waals surface area (Å²) in [6, 6.07) is 0.257. The van der Waals surface area contributed by atoms with Gasteiger partial charge < -0.3 is 9.88 Å². The monoisotopic (exact) mass is 365 g/mol. The van der Waals surface area contributed by atoms with Crippen molar-refractivity contribution < 1.29 is 4.79 Å². The fourth-order valence-electron chi connectivity index (χ4n) is 2.97. The Morgan fingerprint density at radius 2 is 2.21 bits per heavy atom. The van der Waals surface area contributed by atoms with E-state index >= 15 is 0 Å². The summed E-state index contributed by atoms with van der Waals surface area (Å²) < 4.78 is 6.00. The first kappa shape index (κ1) is 17.4. The van der Waals surface area contributed by atoms with E-state index in [1.165, 1.54) is 11.5 Å². The average Bonchev–Trinajstić information content (AvgIpc) is 3.19. The highest BCUT2D eigenvalue weighted by Crippen LogP contribution is 2.32. The van der Waals surface area contributed by atoms with Crippen molar-refractivity contribution in [1.29, 1.82) is 0 Å². The smallest absolute Gasteiger partial charge is 0.265 e. The van der Waals surface area contributed by atoms with Gasteiger partial charge in [0, 0.05) is 30.7 Å². The first-order chi connectivity index (χ1) is 11.7. The van der Waals surface area contributed by atoms with Gasteiger partial charge in [0.1, 0.15) is 4.88 Å². The van der Waals surface area contributed by atoms with Gasteiger partial charge in [-0.25, -0.2) is 4.98 Å². The van der Waals surface area contributed by atoms with E-state index in [1.807, 2.05) is 31.2 Å². The van der Waals surface area contributed by atoms with E-state index in [1.54, 1.807) is 0 Å². The van der Waals surface area contributed by atoms with Crippen LogP contribution in [0.1, 0.15) is 54.4 Å².